The zero-order valence-corrected chi connectivity index (χ0v) is 20.6. The molecular weight excluding hydrogens is 535 g/mol. The van der Waals surface area contributed by atoms with Crippen molar-refractivity contribution in [3.63, 3.8) is 0 Å². The molecule has 2 aromatic rings. The molecule has 0 aromatic heterocycles. The molecule has 0 aliphatic carbocycles. The van der Waals surface area contributed by atoms with Crippen LogP contribution in [0.5, 0.6) is 0 Å². The van der Waals surface area contributed by atoms with Gasteiger partial charge < -0.3 is 19.8 Å². The van der Waals surface area contributed by atoms with Crippen molar-refractivity contribution in [2.45, 2.75) is 52.4 Å². The molecule has 2 radical (unpaired) electrons. The summed E-state index contributed by atoms with van der Waals surface area (Å²) >= 11 is 0. The summed E-state index contributed by atoms with van der Waals surface area (Å²) in [6.45, 7) is 11.9. The van der Waals surface area contributed by atoms with Gasteiger partial charge in [0.1, 0.15) is 0 Å². The Kier molecular flexibility index (Phi) is 9.38. The second kappa shape index (κ2) is 10.0. The molecule has 2 aromatic carbocycles. The Balaban J connectivity index is 0.000000483. The van der Waals surface area contributed by atoms with Crippen LogP contribution in [0.2, 0.25) is 0 Å². The van der Waals surface area contributed by atoms with Gasteiger partial charge in [-0.2, -0.15) is 0 Å². The van der Waals surface area contributed by atoms with Crippen molar-refractivity contribution in [3.05, 3.63) is 70.8 Å². The van der Waals surface area contributed by atoms with Gasteiger partial charge in [0.25, 0.3) is 0 Å². The second-order valence-electron chi connectivity index (χ2n) is 8.17. The number of carboxylic acid groups (broad SMARTS) is 2. The van der Waals surface area contributed by atoms with Gasteiger partial charge in [-0.1, -0.05) is 90.1 Å². The molecule has 0 unspecified atom stereocenters. The zero-order valence-electron chi connectivity index (χ0n) is 16.8. The Morgan fingerprint density at radius 1 is 0.630 bits per heavy atom. The third-order valence-corrected chi connectivity index (χ3v) is 3.91. The van der Waals surface area contributed by atoms with E-state index in [9.17, 15) is 19.8 Å². The first kappa shape index (κ1) is 25.3. The van der Waals surface area contributed by atoms with Crippen molar-refractivity contribution in [1.82, 2.24) is 0 Å². The summed E-state index contributed by atoms with van der Waals surface area (Å²) in [6.07, 6.45) is 0. The summed E-state index contributed by atoms with van der Waals surface area (Å²) in [7, 11) is 0. The maximum atomic E-state index is 10.8. The largest absolute Gasteiger partial charge is 2.00 e. The molecule has 0 amide bonds. The number of carbonyl (C=O) groups is 2. The Morgan fingerprint density at radius 3 is 1.07 bits per heavy atom. The first-order valence-corrected chi connectivity index (χ1v) is 8.47. The molecule has 0 atom stereocenters. The number of carboxylic acids is 2. The van der Waals surface area contributed by atoms with Crippen molar-refractivity contribution < 1.29 is 19.8 Å². The molecule has 0 saturated carbocycles. The van der Waals surface area contributed by atoms with Crippen molar-refractivity contribution in [2.24, 2.45) is 0 Å². The van der Waals surface area contributed by atoms with E-state index < -0.39 is 11.9 Å². The van der Waals surface area contributed by atoms with E-state index in [-0.39, 0.29) is 49.3 Å². The van der Waals surface area contributed by atoms with Gasteiger partial charge in [-0.15, -0.1) is 0 Å². The number of carbonyl (C=O) groups excluding carboxylic acids is 2. The number of benzene rings is 2. The van der Waals surface area contributed by atoms with E-state index in [0.717, 1.165) is 11.1 Å². The van der Waals surface area contributed by atoms with Crippen molar-refractivity contribution >= 4 is 39.2 Å². The van der Waals surface area contributed by atoms with E-state index in [1.54, 1.807) is 24.3 Å². The topological polar surface area (TPSA) is 80.3 Å². The predicted octanol–water partition coefficient (Wildman–Crippen LogP) is 2.31. The molecule has 0 spiro atoms. The van der Waals surface area contributed by atoms with E-state index in [0.29, 0.717) is 0 Å². The van der Waals surface area contributed by atoms with Crippen LogP contribution in [0.25, 0.3) is 0 Å². The molecule has 0 N–H and O–H groups in total. The van der Waals surface area contributed by atoms with Crippen LogP contribution in [0.3, 0.4) is 0 Å². The van der Waals surface area contributed by atoms with Gasteiger partial charge in [0, 0.05) is 11.1 Å². The van der Waals surface area contributed by atoms with Crippen molar-refractivity contribution in [3.8, 4) is 0 Å². The van der Waals surface area contributed by atoms with E-state index >= 15 is 0 Å². The van der Waals surface area contributed by atoms with Gasteiger partial charge >= 0.3 is 27.3 Å². The van der Waals surface area contributed by atoms with Crippen LogP contribution in [-0.2, 0) is 10.8 Å². The first-order valence-electron chi connectivity index (χ1n) is 8.47. The smallest absolute Gasteiger partial charge is 0.545 e. The van der Waals surface area contributed by atoms with E-state index in [4.69, 9.17) is 0 Å². The second-order valence-corrected chi connectivity index (χ2v) is 8.17. The SMILES string of the molecule is CC(C)(C)c1ccccc1C(=O)[O-].CC(C)(C)c1ccccc1C(=O)[O-].[Pb+2]. The minimum atomic E-state index is -1.11. The van der Waals surface area contributed by atoms with Crippen LogP contribution in [0.1, 0.15) is 73.4 Å². The predicted molar refractivity (Wildman–Crippen MR) is 105 cm³/mol. The normalized spacial score (nSPS) is 10.9. The molecule has 4 nitrogen and oxygen atoms in total. The van der Waals surface area contributed by atoms with Gasteiger partial charge in [-0.3, -0.25) is 0 Å². The summed E-state index contributed by atoms with van der Waals surface area (Å²) < 4.78 is 0. The average molecular weight is 562 g/mol. The number of rotatable bonds is 2. The van der Waals surface area contributed by atoms with Gasteiger partial charge in [0.2, 0.25) is 0 Å². The molecule has 5 heteroatoms. The van der Waals surface area contributed by atoms with Gasteiger partial charge in [-0.25, -0.2) is 0 Å². The zero-order chi connectivity index (χ0) is 20.1. The number of hydrogen-bond donors (Lipinski definition) is 0. The van der Waals surface area contributed by atoms with Crippen LogP contribution < -0.4 is 10.2 Å². The molecular formula is C22H26O4Pb. The number of aromatic carboxylic acids is 2. The van der Waals surface area contributed by atoms with E-state index in [2.05, 4.69) is 0 Å². The monoisotopic (exact) mass is 562 g/mol. The van der Waals surface area contributed by atoms with Crippen molar-refractivity contribution in [2.75, 3.05) is 0 Å². The minimum absolute atomic E-state index is 0. The molecule has 0 heterocycles. The Morgan fingerprint density at radius 2 is 0.889 bits per heavy atom. The summed E-state index contributed by atoms with van der Waals surface area (Å²) in [4.78, 5) is 21.5. The molecule has 27 heavy (non-hydrogen) atoms. The summed E-state index contributed by atoms with van der Waals surface area (Å²) in [5.74, 6) is -2.21. The van der Waals surface area contributed by atoms with Gasteiger partial charge in [-0.05, 0) is 22.0 Å². The fourth-order valence-electron chi connectivity index (χ4n) is 2.63. The Labute approximate surface area is 181 Å². The van der Waals surface area contributed by atoms with Crippen LogP contribution >= 0.6 is 0 Å². The maximum absolute atomic E-state index is 10.8. The van der Waals surface area contributed by atoms with Gasteiger partial charge in [0.15, 0.2) is 0 Å². The molecule has 0 bridgehead atoms. The Hall–Kier alpha value is -1.70. The average Bonchev–Trinajstić information content (AvgIpc) is 2.54. The van der Waals surface area contributed by atoms with E-state index in [1.165, 1.54) is 0 Å². The standard InChI is InChI=1S/2C11H14O2.Pb/c2*1-11(2,3)9-7-5-4-6-8(9)10(12)13;/h2*4-7H,1-3H3,(H,12,13);/q;;+2/p-2. The summed E-state index contributed by atoms with van der Waals surface area (Å²) in [5, 5.41) is 21.5. The molecule has 0 fully saturated rings. The minimum Gasteiger partial charge on any atom is -0.545 e. The molecule has 0 aliphatic heterocycles. The van der Waals surface area contributed by atoms with Gasteiger partial charge in [0.05, 0.1) is 11.9 Å². The molecule has 0 saturated heterocycles. The third kappa shape index (κ3) is 7.44. The quantitative estimate of drug-likeness (QED) is 0.528. The Bertz CT molecular complexity index is 716. The van der Waals surface area contributed by atoms with E-state index in [1.807, 2.05) is 65.8 Å². The van der Waals surface area contributed by atoms with Crippen LogP contribution in [-0.4, -0.2) is 39.2 Å². The van der Waals surface area contributed by atoms with Crippen molar-refractivity contribution in [1.29, 1.82) is 0 Å². The van der Waals surface area contributed by atoms with Crippen LogP contribution in [0, 0.1) is 0 Å². The summed E-state index contributed by atoms with van der Waals surface area (Å²) in [6, 6.07) is 13.9. The first-order chi connectivity index (χ1) is 11.9. The summed E-state index contributed by atoms with van der Waals surface area (Å²) in [5.41, 5.74) is 1.89. The third-order valence-electron chi connectivity index (χ3n) is 3.91. The maximum Gasteiger partial charge on any atom is 2.00 e. The fraction of sp³-hybridized carbons (Fsp3) is 0.364. The van der Waals surface area contributed by atoms with Crippen LogP contribution in [0.4, 0.5) is 0 Å². The molecule has 142 valence electrons. The van der Waals surface area contributed by atoms with Crippen LogP contribution in [0.15, 0.2) is 48.5 Å². The fourth-order valence-corrected chi connectivity index (χ4v) is 2.63. The number of hydrogen-bond acceptors (Lipinski definition) is 4. The molecule has 0 aliphatic rings. The molecule has 2 rings (SSSR count).